The van der Waals surface area contributed by atoms with Crippen LogP contribution < -0.4 is 5.73 Å². The highest BCUT2D eigenvalue weighted by Gasteiger charge is 2.19. The van der Waals surface area contributed by atoms with E-state index in [9.17, 15) is 17.8 Å². The van der Waals surface area contributed by atoms with Crippen molar-refractivity contribution in [2.75, 3.05) is 5.73 Å². The number of anilines is 1. The predicted octanol–water partition coefficient (Wildman–Crippen LogP) is 2.90. The number of rotatable bonds is 3. The average molecular weight is 327 g/mol. The quantitative estimate of drug-likeness (QED) is 0.438. The lowest BCUT2D eigenvalue weighted by Gasteiger charge is -2.10. The highest BCUT2D eigenvalue weighted by molar-refractivity contribution is 7.86. The van der Waals surface area contributed by atoms with Crippen molar-refractivity contribution in [2.45, 2.75) is 4.90 Å². The second kappa shape index (κ2) is 5.49. The third-order valence-corrected chi connectivity index (χ3v) is 4.53. The van der Waals surface area contributed by atoms with Gasteiger partial charge < -0.3 is 5.73 Å². The molecule has 0 aliphatic rings. The summed E-state index contributed by atoms with van der Waals surface area (Å²) in [6, 6.07) is 16.3. The summed E-state index contributed by atoms with van der Waals surface area (Å²) in [6.45, 7) is 0. The van der Waals surface area contributed by atoms with Crippen LogP contribution in [0.3, 0.4) is 0 Å². The van der Waals surface area contributed by atoms with Crippen LogP contribution in [0.2, 0.25) is 0 Å². The van der Waals surface area contributed by atoms with Crippen LogP contribution in [0.4, 0.5) is 5.69 Å². The van der Waals surface area contributed by atoms with Crippen LogP contribution in [0.5, 0.6) is 0 Å². The Hall–Kier alpha value is -2.70. The molecule has 0 atom stereocenters. The molecule has 3 aromatic rings. The van der Waals surface area contributed by atoms with Gasteiger partial charge in [0.25, 0.3) is 10.1 Å². The molecule has 3 aromatic carbocycles. The van der Waals surface area contributed by atoms with Crippen LogP contribution in [0.15, 0.2) is 65.6 Å². The van der Waals surface area contributed by atoms with Gasteiger partial charge in [0.1, 0.15) is 4.90 Å². The van der Waals surface area contributed by atoms with E-state index in [1.165, 1.54) is 12.1 Å². The normalized spacial score (nSPS) is 11.5. The Kier molecular flexibility index (Phi) is 3.63. The first kappa shape index (κ1) is 15.2. The summed E-state index contributed by atoms with van der Waals surface area (Å²) in [7, 11) is -4.42. The zero-order valence-corrected chi connectivity index (χ0v) is 12.7. The van der Waals surface area contributed by atoms with Crippen molar-refractivity contribution in [1.82, 2.24) is 0 Å². The monoisotopic (exact) mass is 327 g/mol. The Morgan fingerprint density at radius 2 is 1.57 bits per heavy atom. The molecule has 0 fully saturated rings. The molecule has 3 rings (SSSR count). The summed E-state index contributed by atoms with van der Waals surface area (Å²) in [6.07, 6.45) is 0. The van der Waals surface area contributed by atoms with Gasteiger partial charge in [-0.15, -0.1) is 0 Å². The van der Waals surface area contributed by atoms with Gasteiger partial charge in [0.15, 0.2) is 5.78 Å². The van der Waals surface area contributed by atoms with Crippen LogP contribution >= 0.6 is 0 Å². The number of hydrogen-bond acceptors (Lipinski definition) is 4. The first-order valence-electron chi connectivity index (χ1n) is 6.78. The fourth-order valence-electron chi connectivity index (χ4n) is 2.53. The number of carbonyl (C=O) groups is 1. The van der Waals surface area contributed by atoms with E-state index in [1.807, 2.05) is 6.07 Å². The van der Waals surface area contributed by atoms with E-state index < -0.39 is 10.1 Å². The summed E-state index contributed by atoms with van der Waals surface area (Å²) in [5.41, 5.74) is 6.73. The molecule has 0 spiro atoms. The highest BCUT2D eigenvalue weighted by Crippen LogP contribution is 2.31. The van der Waals surface area contributed by atoms with Gasteiger partial charge in [0, 0.05) is 16.5 Å². The molecule has 0 saturated heterocycles. The van der Waals surface area contributed by atoms with E-state index in [0.29, 0.717) is 21.9 Å². The molecule has 0 aromatic heterocycles. The summed E-state index contributed by atoms with van der Waals surface area (Å²) >= 11 is 0. The van der Waals surface area contributed by atoms with Crippen LogP contribution in [-0.2, 0) is 10.1 Å². The van der Waals surface area contributed by atoms with Gasteiger partial charge in [-0.1, -0.05) is 54.6 Å². The maximum atomic E-state index is 12.6. The number of carbonyl (C=O) groups excluding carboxylic acids is 1. The van der Waals surface area contributed by atoms with Crippen molar-refractivity contribution in [3.05, 3.63) is 71.8 Å². The Morgan fingerprint density at radius 1 is 0.870 bits per heavy atom. The van der Waals surface area contributed by atoms with E-state index in [2.05, 4.69) is 0 Å². The Morgan fingerprint density at radius 3 is 2.22 bits per heavy atom. The zero-order valence-electron chi connectivity index (χ0n) is 11.9. The van der Waals surface area contributed by atoms with Crippen molar-refractivity contribution in [3.8, 4) is 0 Å². The summed E-state index contributed by atoms with van der Waals surface area (Å²) in [5.74, 6) is -0.185. The van der Waals surface area contributed by atoms with Crippen molar-refractivity contribution < 1.29 is 17.8 Å². The number of nitrogens with two attached hydrogens (primary N) is 1. The molecule has 116 valence electrons. The second-order valence-electron chi connectivity index (χ2n) is 5.05. The van der Waals surface area contributed by atoms with E-state index >= 15 is 0 Å². The summed E-state index contributed by atoms with van der Waals surface area (Å²) in [4.78, 5) is 12.3. The predicted molar refractivity (Wildman–Crippen MR) is 88.0 cm³/mol. The zero-order chi connectivity index (χ0) is 16.6. The highest BCUT2D eigenvalue weighted by atomic mass is 32.2. The number of fused-ring (bicyclic) bond motifs is 1. The SMILES string of the molecule is Nc1c(S(=O)(=O)O)ccc2c(C(=O)c3ccccc3)cccc12. The van der Waals surface area contributed by atoms with Gasteiger partial charge in [-0.3, -0.25) is 9.35 Å². The van der Waals surface area contributed by atoms with Gasteiger partial charge in [0.2, 0.25) is 0 Å². The minimum absolute atomic E-state index is 0.0762. The van der Waals surface area contributed by atoms with Crippen molar-refractivity contribution in [1.29, 1.82) is 0 Å². The number of benzene rings is 3. The number of nitrogen functional groups attached to an aromatic ring is 1. The molecule has 0 heterocycles. The van der Waals surface area contributed by atoms with Gasteiger partial charge in [-0.05, 0) is 11.5 Å². The molecule has 3 N–H and O–H groups in total. The molecule has 0 aliphatic carbocycles. The molecule has 0 bridgehead atoms. The van der Waals surface area contributed by atoms with Gasteiger partial charge in [0.05, 0.1) is 5.69 Å². The maximum absolute atomic E-state index is 12.6. The number of ketones is 1. The summed E-state index contributed by atoms with van der Waals surface area (Å²) in [5, 5.41) is 0.938. The van der Waals surface area contributed by atoms with Crippen molar-refractivity contribution in [2.24, 2.45) is 0 Å². The lowest BCUT2D eigenvalue weighted by Crippen LogP contribution is -2.06. The minimum atomic E-state index is -4.42. The third-order valence-electron chi connectivity index (χ3n) is 3.62. The minimum Gasteiger partial charge on any atom is -0.397 e. The van der Waals surface area contributed by atoms with E-state index in [0.717, 1.165) is 0 Å². The topological polar surface area (TPSA) is 97.5 Å². The Bertz CT molecular complexity index is 1010. The molecule has 5 nitrogen and oxygen atoms in total. The fourth-order valence-corrected chi connectivity index (χ4v) is 3.16. The fraction of sp³-hybridized carbons (Fsp3) is 0. The molecular formula is C17H13NO4S. The van der Waals surface area contributed by atoms with Crippen LogP contribution in [-0.4, -0.2) is 18.8 Å². The first-order valence-corrected chi connectivity index (χ1v) is 8.22. The van der Waals surface area contributed by atoms with Crippen LogP contribution in [0.1, 0.15) is 15.9 Å². The average Bonchev–Trinajstić information content (AvgIpc) is 2.54. The third kappa shape index (κ3) is 2.69. The Labute approximate surface area is 133 Å². The molecule has 0 aliphatic heterocycles. The standard InChI is InChI=1S/C17H13NO4S/c18-16-13-7-4-8-14(17(19)11-5-2-1-3-6-11)12(13)9-10-15(16)23(20,21)22/h1-10H,18H2,(H,20,21,22). The Balaban J connectivity index is 2.25. The molecule has 0 radical (unpaired) electrons. The maximum Gasteiger partial charge on any atom is 0.296 e. The van der Waals surface area contributed by atoms with E-state index in [1.54, 1.807) is 42.5 Å². The van der Waals surface area contributed by atoms with Gasteiger partial charge in [-0.2, -0.15) is 8.42 Å². The lowest BCUT2D eigenvalue weighted by atomic mass is 9.96. The molecule has 6 heteroatoms. The largest absolute Gasteiger partial charge is 0.397 e. The summed E-state index contributed by atoms with van der Waals surface area (Å²) < 4.78 is 31.9. The first-order chi connectivity index (χ1) is 10.9. The van der Waals surface area contributed by atoms with Crippen molar-refractivity contribution in [3.63, 3.8) is 0 Å². The van der Waals surface area contributed by atoms with E-state index in [-0.39, 0.29) is 16.4 Å². The second-order valence-corrected chi connectivity index (χ2v) is 6.44. The van der Waals surface area contributed by atoms with E-state index in [4.69, 9.17) is 5.73 Å². The van der Waals surface area contributed by atoms with Crippen molar-refractivity contribution >= 4 is 32.4 Å². The lowest BCUT2D eigenvalue weighted by molar-refractivity contribution is 0.104. The molecule has 0 amide bonds. The molecule has 0 unspecified atom stereocenters. The molecule has 23 heavy (non-hydrogen) atoms. The smallest absolute Gasteiger partial charge is 0.296 e. The van der Waals surface area contributed by atoms with Crippen LogP contribution in [0, 0.1) is 0 Å². The van der Waals surface area contributed by atoms with Gasteiger partial charge >= 0.3 is 0 Å². The molecular weight excluding hydrogens is 314 g/mol. The van der Waals surface area contributed by atoms with Gasteiger partial charge in [-0.25, -0.2) is 0 Å². The van der Waals surface area contributed by atoms with Crippen LogP contribution in [0.25, 0.3) is 10.8 Å². The molecule has 0 saturated carbocycles. The number of hydrogen-bond donors (Lipinski definition) is 2.